The number of anilines is 1. The topological polar surface area (TPSA) is 67.2 Å². The SMILES string of the molecule is COCC1CCN(Cc2nc3ccc(N)cc3[nH]2)CC1. The molecule has 2 aromatic rings. The zero-order valence-electron chi connectivity index (χ0n) is 11.9. The van der Waals surface area contributed by atoms with Crippen LogP contribution >= 0.6 is 0 Å². The van der Waals surface area contributed by atoms with Crippen molar-refractivity contribution in [3.05, 3.63) is 24.0 Å². The van der Waals surface area contributed by atoms with Gasteiger partial charge in [0.25, 0.3) is 0 Å². The fraction of sp³-hybridized carbons (Fsp3) is 0.533. The maximum Gasteiger partial charge on any atom is 0.121 e. The number of H-pyrrole nitrogens is 1. The lowest BCUT2D eigenvalue weighted by Crippen LogP contribution is -2.34. The van der Waals surface area contributed by atoms with Crippen molar-refractivity contribution in [2.24, 2.45) is 5.92 Å². The highest BCUT2D eigenvalue weighted by molar-refractivity contribution is 5.78. The van der Waals surface area contributed by atoms with Gasteiger partial charge in [-0.05, 0) is 50.0 Å². The lowest BCUT2D eigenvalue weighted by molar-refractivity contribution is 0.0959. The van der Waals surface area contributed by atoms with Crippen LogP contribution in [0.4, 0.5) is 5.69 Å². The molecule has 1 aliphatic heterocycles. The molecule has 108 valence electrons. The van der Waals surface area contributed by atoms with Crippen molar-refractivity contribution >= 4 is 16.7 Å². The molecule has 1 aromatic heterocycles. The van der Waals surface area contributed by atoms with Gasteiger partial charge in [0.15, 0.2) is 0 Å². The van der Waals surface area contributed by atoms with E-state index in [1.165, 1.54) is 12.8 Å². The number of nitrogens with zero attached hydrogens (tertiary/aromatic N) is 2. The maximum atomic E-state index is 5.79. The molecule has 0 spiro atoms. The first-order valence-corrected chi connectivity index (χ1v) is 7.20. The summed E-state index contributed by atoms with van der Waals surface area (Å²) in [4.78, 5) is 10.4. The lowest BCUT2D eigenvalue weighted by Gasteiger charge is -2.30. The van der Waals surface area contributed by atoms with Gasteiger partial charge in [0, 0.05) is 19.4 Å². The van der Waals surface area contributed by atoms with E-state index in [1.807, 2.05) is 18.2 Å². The molecule has 0 unspecified atom stereocenters. The van der Waals surface area contributed by atoms with E-state index in [2.05, 4.69) is 14.9 Å². The van der Waals surface area contributed by atoms with Gasteiger partial charge in [0.1, 0.15) is 5.82 Å². The molecule has 5 nitrogen and oxygen atoms in total. The van der Waals surface area contributed by atoms with E-state index in [4.69, 9.17) is 10.5 Å². The minimum atomic E-state index is 0.715. The Bertz CT molecular complexity index is 572. The minimum Gasteiger partial charge on any atom is -0.399 e. The third kappa shape index (κ3) is 2.94. The van der Waals surface area contributed by atoms with Crippen LogP contribution in [0, 0.1) is 5.92 Å². The predicted octanol–water partition coefficient (Wildman–Crippen LogP) is 2.00. The third-order valence-electron chi connectivity index (χ3n) is 4.04. The molecule has 20 heavy (non-hydrogen) atoms. The third-order valence-corrected chi connectivity index (χ3v) is 4.04. The number of hydrogen-bond acceptors (Lipinski definition) is 4. The first-order valence-electron chi connectivity index (χ1n) is 7.20. The number of nitrogens with two attached hydrogens (primary N) is 1. The molecule has 3 rings (SSSR count). The number of aromatic nitrogens is 2. The zero-order chi connectivity index (χ0) is 13.9. The fourth-order valence-corrected chi connectivity index (χ4v) is 2.91. The highest BCUT2D eigenvalue weighted by atomic mass is 16.5. The Hall–Kier alpha value is -1.59. The number of fused-ring (bicyclic) bond motifs is 1. The van der Waals surface area contributed by atoms with Crippen LogP contribution in [0.15, 0.2) is 18.2 Å². The number of methoxy groups -OCH3 is 1. The number of likely N-dealkylation sites (tertiary alicyclic amines) is 1. The minimum absolute atomic E-state index is 0.715. The quantitative estimate of drug-likeness (QED) is 0.837. The molecule has 0 amide bonds. The fourth-order valence-electron chi connectivity index (χ4n) is 2.91. The number of benzene rings is 1. The Kier molecular flexibility index (Phi) is 3.89. The second kappa shape index (κ2) is 5.81. The molecule has 2 heterocycles. The molecule has 1 saturated heterocycles. The number of nitrogens with one attached hydrogen (secondary N) is 1. The van der Waals surface area contributed by atoms with Gasteiger partial charge in [0.05, 0.1) is 17.6 Å². The van der Waals surface area contributed by atoms with Crippen molar-refractivity contribution in [1.29, 1.82) is 0 Å². The van der Waals surface area contributed by atoms with Gasteiger partial charge in [-0.1, -0.05) is 0 Å². The van der Waals surface area contributed by atoms with Crippen LogP contribution in [-0.2, 0) is 11.3 Å². The van der Waals surface area contributed by atoms with Crippen LogP contribution in [0.25, 0.3) is 11.0 Å². The van der Waals surface area contributed by atoms with E-state index in [0.29, 0.717) is 5.92 Å². The normalized spacial score (nSPS) is 17.9. The molecular weight excluding hydrogens is 252 g/mol. The van der Waals surface area contributed by atoms with Crippen LogP contribution in [0.2, 0.25) is 0 Å². The summed E-state index contributed by atoms with van der Waals surface area (Å²) in [5.74, 6) is 1.74. The Morgan fingerprint density at radius 1 is 1.40 bits per heavy atom. The lowest BCUT2D eigenvalue weighted by atomic mass is 9.98. The van der Waals surface area contributed by atoms with Crippen molar-refractivity contribution in [2.75, 3.05) is 32.5 Å². The number of ether oxygens (including phenoxy) is 1. The van der Waals surface area contributed by atoms with Crippen molar-refractivity contribution in [2.45, 2.75) is 19.4 Å². The predicted molar refractivity (Wildman–Crippen MR) is 80.4 cm³/mol. The molecule has 1 aliphatic rings. The van der Waals surface area contributed by atoms with Crippen LogP contribution < -0.4 is 5.73 Å². The molecule has 0 atom stereocenters. The molecule has 5 heteroatoms. The Morgan fingerprint density at radius 3 is 2.95 bits per heavy atom. The van der Waals surface area contributed by atoms with Crippen molar-refractivity contribution in [3.63, 3.8) is 0 Å². The van der Waals surface area contributed by atoms with Crippen molar-refractivity contribution < 1.29 is 4.74 Å². The van der Waals surface area contributed by atoms with Gasteiger partial charge in [-0.15, -0.1) is 0 Å². The van der Waals surface area contributed by atoms with E-state index in [0.717, 1.165) is 48.8 Å². The van der Waals surface area contributed by atoms with E-state index < -0.39 is 0 Å². The average molecular weight is 274 g/mol. The maximum absolute atomic E-state index is 5.79. The Morgan fingerprint density at radius 2 is 2.20 bits per heavy atom. The van der Waals surface area contributed by atoms with Gasteiger partial charge in [-0.25, -0.2) is 4.98 Å². The largest absolute Gasteiger partial charge is 0.399 e. The summed E-state index contributed by atoms with van der Waals surface area (Å²) in [6.07, 6.45) is 2.42. The second-order valence-electron chi connectivity index (χ2n) is 5.63. The van der Waals surface area contributed by atoms with Crippen LogP contribution in [0.5, 0.6) is 0 Å². The van der Waals surface area contributed by atoms with Gasteiger partial charge in [-0.3, -0.25) is 4.90 Å². The molecule has 0 radical (unpaired) electrons. The summed E-state index contributed by atoms with van der Waals surface area (Å²) < 4.78 is 5.24. The van der Waals surface area contributed by atoms with Crippen LogP contribution in [-0.4, -0.2) is 41.7 Å². The molecule has 0 aliphatic carbocycles. The summed E-state index contributed by atoms with van der Waals surface area (Å²) in [7, 11) is 1.78. The summed E-state index contributed by atoms with van der Waals surface area (Å²) in [5.41, 5.74) is 8.57. The van der Waals surface area contributed by atoms with Crippen molar-refractivity contribution in [3.8, 4) is 0 Å². The summed E-state index contributed by atoms with van der Waals surface area (Å²) in [6, 6.07) is 5.80. The number of rotatable bonds is 4. The second-order valence-corrected chi connectivity index (χ2v) is 5.63. The first-order chi connectivity index (χ1) is 9.74. The monoisotopic (exact) mass is 274 g/mol. The number of nitrogen functional groups attached to an aromatic ring is 1. The van der Waals surface area contributed by atoms with Crippen LogP contribution in [0.3, 0.4) is 0 Å². The van der Waals surface area contributed by atoms with Crippen LogP contribution in [0.1, 0.15) is 18.7 Å². The smallest absolute Gasteiger partial charge is 0.121 e. The summed E-state index contributed by atoms with van der Waals surface area (Å²) in [5, 5.41) is 0. The number of aromatic amines is 1. The highest BCUT2D eigenvalue weighted by Gasteiger charge is 2.19. The van der Waals surface area contributed by atoms with Crippen molar-refractivity contribution in [1.82, 2.24) is 14.9 Å². The molecular formula is C15H22N4O. The number of hydrogen-bond donors (Lipinski definition) is 2. The molecule has 1 fully saturated rings. The Balaban J connectivity index is 1.62. The molecule has 3 N–H and O–H groups in total. The van der Waals surface area contributed by atoms with E-state index in [1.54, 1.807) is 7.11 Å². The summed E-state index contributed by atoms with van der Waals surface area (Å²) >= 11 is 0. The van der Waals surface area contributed by atoms with E-state index in [9.17, 15) is 0 Å². The first kappa shape index (κ1) is 13.4. The standard InChI is InChI=1S/C15H22N4O/c1-20-10-11-4-6-19(7-5-11)9-15-17-13-3-2-12(16)8-14(13)18-15/h2-3,8,11H,4-7,9-10,16H2,1H3,(H,17,18). The number of imidazole rings is 1. The van der Waals surface area contributed by atoms with Gasteiger partial charge < -0.3 is 15.5 Å². The Labute approximate surface area is 119 Å². The average Bonchev–Trinajstić information content (AvgIpc) is 2.82. The molecule has 0 saturated carbocycles. The molecule has 1 aromatic carbocycles. The summed E-state index contributed by atoms with van der Waals surface area (Å²) in [6.45, 7) is 4.01. The van der Waals surface area contributed by atoms with Gasteiger partial charge in [-0.2, -0.15) is 0 Å². The van der Waals surface area contributed by atoms with Gasteiger partial charge in [0.2, 0.25) is 0 Å². The highest BCUT2D eigenvalue weighted by Crippen LogP contribution is 2.20. The van der Waals surface area contributed by atoms with E-state index in [-0.39, 0.29) is 0 Å². The zero-order valence-corrected chi connectivity index (χ0v) is 11.9. The molecule has 0 bridgehead atoms. The van der Waals surface area contributed by atoms with Gasteiger partial charge >= 0.3 is 0 Å². The van der Waals surface area contributed by atoms with E-state index >= 15 is 0 Å². The number of piperidine rings is 1.